The number of aromatic nitrogens is 3. The predicted octanol–water partition coefficient (Wildman–Crippen LogP) is 11.0. The van der Waals surface area contributed by atoms with Gasteiger partial charge in [-0.1, -0.05) is 133 Å². The molecule has 3 heteroatoms. The van der Waals surface area contributed by atoms with Crippen molar-refractivity contribution in [2.45, 2.75) is 0 Å². The van der Waals surface area contributed by atoms with Crippen LogP contribution in [-0.2, 0) is 0 Å². The highest BCUT2D eigenvalue weighted by Crippen LogP contribution is 2.49. The molecule has 0 bridgehead atoms. The molecule has 214 valence electrons. The highest BCUT2D eigenvalue weighted by atomic mass is 14.9. The molecule has 1 aliphatic rings. The van der Waals surface area contributed by atoms with Gasteiger partial charge in [-0.25, -0.2) is 9.97 Å². The summed E-state index contributed by atoms with van der Waals surface area (Å²) in [5.74, 6) is 0.706. The molecule has 2 aromatic heterocycles. The van der Waals surface area contributed by atoms with E-state index in [0.29, 0.717) is 5.82 Å². The molecule has 0 aliphatic heterocycles. The van der Waals surface area contributed by atoms with Gasteiger partial charge in [0, 0.05) is 29.1 Å². The van der Waals surface area contributed by atoms with Crippen LogP contribution >= 0.6 is 0 Å². The van der Waals surface area contributed by atoms with Gasteiger partial charge in [-0.3, -0.25) is 4.98 Å². The Morgan fingerprint density at radius 3 is 1.57 bits per heavy atom. The van der Waals surface area contributed by atoms with Crippen molar-refractivity contribution in [3.63, 3.8) is 0 Å². The van der Waals surface area contributed by atoms with Gasteiger partial charge in [0.1, 0.15) is 0 Å². The number of benzene rings is 6. The van der Waals surface area contributed by atoms with E-state index in [-0.39, 0.29) is 0 Å². The third-order valence-corrected chi connectivity index (χ3v) is 8.99. The van der Waals surface area contributed by atoms with Crippen LogP contribution in [0.5, 0.6) is 0 Å². The van der Waals surface area contributed by atoms with Crippen molar-refractivity contribution in [3.8, 4) is 78.4 Å². The summed E-state index contributed by atoms with van der Waals surface area (Å²) < 4.78 is 0. The molecule has 8 aromatic rings. The summed E-state index contributed by atoms with van der Waals surface area (Å²) in [7, 11) is 0. The first-order valence-electron chi connectivity index (χ1n) is 15.5. The van der Waals surface area contributed by atoms with Gasteiger partial charge in [0.15, 0.2) is 5.82 Å². The Balaban J connectivity index is 1.11. The average molecular weight is 586 g/mol. The molecule has 0 N–H and O–H groups in total. The zero-order valence-electron chi connectivity index (χ0n) is 24.9. The number of hydrogen-bond acceptors (Lipinski definition) is 3. The summed E-state index contributed by atoms with van der Waals surface area (Å²) in [6.45, 7) is 0. The molecule has 0 atom stereocenters. The number of pyridine rings is 1. The lowest BCUT2D eigenvalue weighted by Crippen LogP contribution is -1.96. The van der Waals surface area contributed by atoms with Crippen LogP contribution in [0.25, 0.3) is 89.2 Å². The van der Waals surface area contributed by atoms with Gasteiger partial charge >= 0.3 is 0 Å². The van der Waals surface area contributed by atoms with Gasteiger partial charge in [-0.2, -0.15) is 0 Å². The Labute approximate surface area is 267 Å². The van der Waals surface area contributed by atoms with Crippen molar-refractivity contribution in [1.29, 1.82) is 0 Å². The second-order valence-electron chi connectivity index (χ2n) is 11.7. The van der Waals surface area contributed by atoms with Crippen LogP contribution in [0.4, 0.5) is 0 Å². The molecule has 0 unspecified atom stereocenters. The summed E-state index contributed by atoms with van der Waals surface area (Å²) in [5, 5.41) is 2.61. The van der Waals surface area contributed by atoms with Crippen LogP contribution in [0.3, 0.4) is 0 Å². The van der Waals surface area contributed by atoms with Gasteiger partial charge in [0.05, 0.1) is 11.4 Å². The van der Waals surface area contributed by atoms with E-state index in [2.05, 4.69) is 126 Å². The molecular formula is C43H27N3. The van der Waals surface area contributed by atoms with E-state index in [1.165, 1.54) is 44.2 Å². The maximum atomic E-state index is 5.09. The van der Waals surface area contributed by atoms with Crippen molar-refractivity contribution in [2.75, 3.05) is 0 Å². The van der Waals surface area contributed by atoms with Crippen LogP contribution in [0.15, 0.2) is 164 Å². The topological polar surface area (TPSA) is 38.7 Å². The van der Waals surface area contributed by atoms with Crippen LogP contribution in [0.2, 0.25) is 0 Å². The highest BCUT2D eigenvalue weighted by Gasteiger charge is 2.22. The first-order chi connectivity index (χ1) is 22.8. The third-order valence-electron chi connectivity index (χ3n) is 8.99. The SMILES string of the molecule is c1ccc(-c2cc(-c3ccc(-c4ccncc4)cc3)nc(-c3ccc(-c4ccc5c6c(cccc46)-c4ccccc4-5)cc3)n2)cc1. The van der Waals surface area contributed by atoms with Gasteiger partial charge in [0.2, 0.25) is 0 Å². The molecule has 0 radical (unpaired) electrons. The largest absolute Gasteiger partial charge is 0.265 e. The molecule has 3 nitrogen and oxygen atoms in total. The summed E-state index contributed by atoms with van der Waals surface area (Å²) >= 11 is 0. The summed E-state index contributed by atoms with van der Waals surface area (Å²) in [6.07, 6.45) is 3.64. The minimum atomic E-state index is 0.706. The zero-order chi connectivity index (χ0) is 30.5. The molecule has 0 saturated heterocycles. The fourth-order valence-corrected chi connectivity index (χ4v) is 6.72. The Kier molecular flexibility index (Phi) is 6.14. The fourth-order valence-electron chi connectivity index (χ4n) is 6.72. The highest BCUT2D eigenvalue weighted by molar-refractivity contribution is 6.18. The van der Waals surface area contributed by atoms with Gasteiger partial charge < -0.3 is 0 Å². The number of hydrogen-bond donors (Lipinski definition) is 0. The lowest BCUT2D eigenvalue weighted by atomic mass is 9.94. The second-order valence-corrected chi connectivity index (χ2v) is 11.7. The molecule has 1 aliphatic carbocycles. The maximum Gasteiger partial charge on any atom is 0.160 e. The average Bonchev–Trinajstić information content (AvgIpc) is 3.47. The zero-order valence-corrected chi connectivity index (χ0v) is 24.9. The minimum absolute atomic E-state index is 0.706. The first-order valence-corrected chi connectivity index (χ1v) is 15.5. The van der Waals surface area contributed by atoms with E-state index < -0.39 is 0 Å². The fraction of sp³-hybridized carbons (Fsp3) is 0. The van der Waals surface area contributed by atoms with Crippen LogP contribution in [-0.4, -0.2) is 15.0 Å². The molecular weight excluding hydrogens is 558 g/mol. The molecule has 46 heavy (non-hydrogen) atoms. The van der Waals surface area contributed by atoms with Crippen LogP contribution < -0.4 is 0 Å². The smallest absolute Gasteiger partial charge is 0.160 e. The van der Waals surface area contributed by atoms with Gasteiger partial charge in [0.25, 0.3) is 0 Å². The van der Waals surface area contributed by atoms with Crippen LogP contribution in [0, 0.1) is 0 Å². The Bertz CT molecular complexity index is 2350. The van der Waals surface area contributed by atoms with Gasteiger partial charge in [-0.15, -0.1) is 0 Å². The molecule has 0 spiro atoms. The van der Waals surface area contributed by atoms with Crippen molar-refractivity contribution in [2.24, 2.45) is 0 Å². The molecule has 9 rings (SSSR count). The lowest BCUT2D eigenvalue weighted by molar-refractivity contribution is 1.18. The monoisotopic (exact) mass is 585 g/mol. The van der Waals surface area contributed by atoms with Crippen molar-refractivity contribution in [1.82, 2.24) is 15.0 Å². The predicted molar refractivity (Wildman–Crippen MR) is 189 cm³/mol. The standard InChI is InChI=1S/C43H27N3/c1-2-7-31(8-3-1)40-27-41(32-17-13-28(14-18-32)29-23-25-44-26-24-29)46-43(45-40)33-19-15-30(16-20-33)34-21-22-39-36-10-5-4-9-35(36)38-12-6-11-37(34)42(38)39/h1-27H. The van der Waals surface area contributed by atoms with Gasteiger partial charge in [-0.05, 0) is 73.5 Å². The van der Waals surface area contributed by atoms with Crippen molar-refractivity contribution >= 4 is 10.8 Å². The van der Waals surface area contributed by atoms with Crippen LogP contribution in [0.1, 0.15) is 0 Å². The number of rotatable bonds is 5. The molecule has 0 amide bonds. The van der Waals surface area contributed by atoms with E-state index in [4.69, 9.17) is 9.97 Å². The minimum Gasteiger partial charge on any atom is -0.265 e. The Morgan fingerprint density at radius 1 is 0.326 bits per heavy atom. The molecule has 2 heterocycles. The quantitative estimate of drug-likeness (QED) is 0.202. The normalized spacial score (nSPS) is 11.5. The Morgan fingerprint density at radius 2 is 0.848 bits per heavy atom. The number of fused-ring (bicyclic) bond motifs is 3. The summed E-state index contributed by atoms with van der Waals surface area (Å²) in [4.78, 5) is 14.3. The molecule has 0 fully saturated rings. The van der Waals surface area contributed by atoms with Crippen molar-refractivity contribution < 1.29 is 0 Å². The third kappa shape index (κ3) is 4.41. The van der Waals surface area contributed by atoms with E-state index >= 15 is 0 Å². The van der Waals surface area contributed by atoms with E-state index in [9.17, 15) is 0 Å². The second kappa shape index (κ2) is 10.8. The Hall–Kier alpha value is -6.19. The van der Waals surface area contributed by atoms with Crippen molar-refractivity contribution in [3.05, 3.63) is 164 Å². The maximum absolute atomic E-state index is 5.09. The first kappa shape index (κ1) is 26.2. The summed E-state index contributed by atoms with van der Waals surface area (Å²) in [5.41, 5.74) is 14.8. The van der Waals surface area contributed by atoms with E-state index in [1.807, 2.05) is 42.7 Å². The van der Waals surface area contributed by atoms with E-state index in [1.54, 1.807) is 0 Å². The lowest BCUT2D eigenvalue weighted by Gasteiger charge is -2.12. The number of nitrogens with zero attached hydrogens (tertiary/aromatic N) is 3. The molecule has 6 aromatic carbocycles. The summed E-state index contributed by atoms with van der Waals surface area (Å²) in [6, 6.07) is 53.6. The van der Waals surface area contributed by atoms with E-state index in [0.717, 1.165) is 39.2 Å². The molecule has 0 saturated carbocycles.